The van der Waals surface area contributed by atoms with Crippen molar-refractivity contribution >= 4 is 50.2 Å². The van der Waals surface area contributed by atoms with Crippen LogP contribution in [0, 0.1) is 12.7 Å². The van der Waals surface area contributed by atoms with Crippen LogP contribution in [0.4, 0.5) is 16.2 Å². The SMILES string of the molecule is Cc1nccn1CCNc1nc(N2CCCCC2)c2cc(Cl)c(Br)c(F)c2n1. The first kappa shape index (κ1) is 19.4. The largest absolute Gasteiger partial charge is 0.356 e. The fourth-order valence-electron chi connectivity index (χ4n) is 3.51. The maximum absolute atomic E-state index is 14.9. The molecule has 0 unspecified atom stereocenters. The average Bonchev–Trinajstić information content (AvgIpc) is 3.12. The molecule has 1 aliphatic heterocycles. The first-order valence-corrected chi connectivity index (χ1v) is 10.5. The fraction of sp³-hybridized carbons (Fsp3) is 0.421. The monoisotopic (exact) mass is 466 g/mol. The molecule has 1 N–H and O–H groups in total. The van der Waals surface area contributed by atoms with E-state index >= 15 is 0 Å². The number of fused-ring (bicyclic) bond motifs is 1. The van der Waals surface area contributed by atoms with Gasteiger partial charge in [0.15, 0.2) is 5.82 Å². The number of hydrogen-bond acceptors (Lipinski definition) is 5. The summed E-state index contributed by atoms with van der Waals surface area (Å²) in [5.74, 6) is 1.63. The van der Waals surface area contributed by atoms with Crippen molar-refractivity contribution in [2.24, 2.45) is 0 Å². The molecule has 6 nitrogen and oxygen atoms in total. The van der Waals surface area contributed by atoms with Crippen LogP contribution in [-0.2, 0) is 6.54 Å². The Morgan fingerprint density at radius 3 is 2.75 bits per heavy atom. The van der Waals surface area contributed by atoms with E-state index in [1.165, 1.54) is 6.42 Å². The summed E-state index contributed by atoms with van der Waals surface area (Å²) >= 11 is 9.43. The molecule has 0 spiro atoms. The molecule has 1 saturated heterocycles. The second-order valence-corrected chi connectivity index (χ2v) is 8.10. The van der Waals surface area contributed by atoms with Gasteiger partial charge in [-0.15, -0.1) is 0 Å². The molecular formula is C19H21BrClFN6. The van der Waals surface area contributed by atoms with Crippen LogP contribution < -0.4 is 10.2 Å². The standard InChI is InChI=1S/C19H21BrClFN6/c1-12-23-5-9-27(12)10-6-24-19-25-17-13(11-14(21)15(20)16(17)22)18(26-19)28-7-3-2-4-8-28/h5,9,11H,2-4,6-8,10H2,1H3,(H,24,25,26). The first-order valence-electron chi connectivity index (χ1n) is 9.36. The number of imidazole rings is 1. The summed E-state index contributed by atoms with van der Waals surface area (Å²) in [6.45, 7) is 5.08. The quantitative estimate of drug-likeness (QED) is 0.547. The van der Waals surface area contributed by atoms with E-state index in [9.17, 15) is 4.39 Å². The molecule has 2 aromatic heterocycles. The lowest BCUT2D eigenvalue weighted by molar-refractivity contribution is 0.574. The number of anilines is 2. The lowest BCUT2D eigenvalue weighted by Gasteiger charge is -2.29. The van der Waals surface area contributed by atoms with E-state index in [0.717, 1.165) is 44.1 Å². The zero-order chi connectivity index (χ0) is 19.7. The molecular weight excluding hydrogens is 447 g/mol. The van der Waals surface area contributed by atoms with Gasteiger partial charge >= 0.3 is 0 Å². The molecule has 1 aromatic carbocycles. The zero-order valence-electron chi connectivity index (χ0n) is 15.6. The predicted octanol–water partition coefficient (Wildman–Crippen LogP) is 4.79. The summed E-state index contributed by atoms with van der Waals surface area (Å²) in [6, 6.07) is 1.74. The highest BCUT2D eigenvalue weighted by molar-refractivity contribution is 9.10. The lowest BCUT2D eigenvalue weighted by atomic mass is 10.1. The summed E-state index contributed by atoms with van der Waals surface area (Å²) in [4.78, 5) is 15.6. The van der Waals surface area contributed by atoms with Crippen LogP contribution in [0.2, 0.25) is 5.02 Å². The molecule has 148 valence electrons. The maximum atomic E-state index is 14.9. The number of aryl methyl sites for hydroxylation is 1. The molecule has 0 amide bonds. The van der Waals surface area contributed by atoms with Crippen LogP contribution in [0.25, 0.3) is 10.9 Å². The molecule has 28 heavy (non-hydrogen) atoms. The smallest absolute Gasteiger partial charge is 0.225 e. The Balaban J connectivity index is 1.69. The molecule has 3 heterocycles. The Hall–Kier alpha value is -1.93. The number of hydrogen-bond donors (Lipinski definition) is 1. The van der Waals surface area contributed by atoms with Gasteiger partial charge in [0, 0.05) is 44.0 Å². The molecule has 0 bridgehead atoms. The molecule has 3 aromatic rings. The molecule has 9 heteroatoms. The minimum absolute atomic E-state index is 0.227. The number of aromatic nitrogens is 4. The average molecular weight is 468 g/mol. The minimum Gasteiger partial charge on any atom is -0.356 e. The molecule has 4 rings (SSSR count). The number of nitrogens with one attached hydrogen (secondary N) is 1. The number of piperidine rings is 1. The van der Waals surface area contributed by atoms with Crippen LogP contribution in [0.15, 0.2) is 22.9 Å². The third kappa shape index (κ3) is 3.80. The predicted molar refractivity (Wildman–Crippen MR) is 114 cm³/mol. The van der Waals surface area contributed by atoms with Crippen molar-refractivity contribution in [3.05, 3.63) is 39.6 Å². The highest BCUT2D eigenvalue weighted by Gasteiger charge is 2.21. The second kappa shape index (κ2) is 8.21. The Labute approximate surface area is 176 Å². The molecule has 0 atom stereocenters. The van der Waals surface area contributed by atoms with Crippen molar-refractivity contribution in [1.29, 1.82) is 0 Å². The fourth-order valence-corrected chi connectivity index (χ4v) is 4.01. The Morgan fingerprint density at radius 1 is 1.25 bits per heavy atom. The van der Waals surface area contributed by atoms with Gasteiger partial charge in [-0.25, -0.2) is 14.4 Å². The molecule has 1 aliphatic rings. The summed E-state index contributed by atoms with van der Waals surface area (Å²) in [5, 5.41) is 4.20. The van der Waals surface area contributed by atoms with Gasteiger partial charge in [-0.3, -0.25) is 0 Å². The highest BCUT2D eigenvalue weighted by atomic mass is 79.9. The summed E-state index contributed by atoms with van der Waals surface area (Å²) in [7, 11) is 0. The highest BCUT2D eigenvalue weighted by Crippen LogP contribution is 2.36. The van der Waals surface area contributed by atoms with E-state index in [2.05, 4.69) is 36.1 Å². The van der Waals surface area contributed by atoms with Crippen LogP contribution >= 0.6 is 27.5 Å². The van der Waals surface area contributed by atoms with Gasteiger partial charge in [-0.2, -0.15) is 4.98 Å². The van der Waals surface area contributed by atoms with Crippen LogP contribution in [0.3, 0.4) is 0 Å². The minimum atomic E-state index is -0.461. The van der Waals surface area contributed by atoms with E-state index in [-0.39, 0.29) is 9.99 Å². The van der Waals surface area contributed by atoms with Gasteiger partial charge in [0.05, 0.1) is 9.50 Å². The number of halogens is 3. The normalized spacial score (nSPS) is 14.6. The van der Waals surface area contributed by atoms with Crippen molar-refractivity contribution in [2.75, 3.05) is 29.9 Å². The maximum Gasteiger partial charge on any atom is 0.225 e. The van der Waals surface area contributed by atoms with Gasteiger partial charge in [0.2, 0.25) is 5.95 Å². The van der Waals surface area contributed by atoms with Crippen LogP contribution in [-0.4, -0.2) is 39.2 Å². The van der Waals surface area contributed by atoms with Crippen molar-refractivity contribution in [2.45, 2.75) is 32.7 Å². The Bertz CT molecular complexity index is 1000. The third-order valence-electron chi connectivity index (χ3n) is 5.02. The second-order valence-electron chi connectivity index (χ2n) is 6.90. The molecule has 0 radical (unpaired) electrons. The number of benzene rings is 1. The molecule has 0 saturated carbocycles. The summed E-state index contributed by atoms with van der Waals surface area (Å²) < 4.78 is 17.2. The Morgan fingerprint density at radius 2 is 2.04 bits per heavy atom. The summed E-state index contributed by atoms with van der Waals surface area (Å²) in [5.41, 5.74) is 0.271. The lowest BCUT2D eigenvalue weighted by Crippen LogP contribution is -2.30. The third-order valence-corrected chi connectivity index (χ3v) is 6.32. The van der Waals surface area contributed by atoms with Crippen molar-refractivity contribution < 1.29 is 4.39 Å². The van der Waals surface area contributed by atoms with Gasteiger partial charge < -0.3 is 14.8 Å². The number of rotatable bonds is 5. The first-order chi connectivity index (χ1) is 13.5. The summed E-state index contributed by atoms with van der Waals surface area (Å²) in [6.07, 6.45) is 7.10. The van der Waals surface area contributed by atoms with Crippen LogP contribution in [0.1, 0.15) is 25.1 Å². The van der Waals surface area contributed by atoms with Gasteiger partial charge in [0.1, 0.15) is 17.2 Å². The van der Waals surface area contributed by atoms with Gasteiger partial charge in [0.25, 0.3) is 0 Å². The van der Waals surface area contributed by atoms with Crippen molar-refractivity contribution in [1.82, 2.24) is 19.5 Å². The molecule has 1 fully saturated rings. The van der Waals surface area contributed by atoms with Crippen LogP contribution in [0.5, 0.6) is 0 Å². The van der Waals surface area contributed by atoms with Gasteiger partial charge in [-0.1, -0.05) is 11.6 Å². The zero-order valence-corrected chi connectivity index (χ0v) is 17.9. The van der Waals surface area contributed by atoms with E-state index < -0.39 is 5.82 Å². The van der Waals surface area contributed by atoms with Crippen molar-refractivity contribution in [3.63, 3.8) is 0 Å². The number of nitrogens with zero attached hydrogens (tertiary/aromatic N) is 5. The molecule has 0 aliphatic carbocycles. The topological polar surface area (TPSA) is 58.9 Å². The van der Waals surface area contributed by atoms with E-state index in [4.69, 9.17) is 16.6 Å². The Kier molecular flexibility index (Phi) is 5.68. The van der Waals surface area contributed by atoms with Gasteiger partial charge in [-0.05, 0) is 48.2 Å². The van der Waals surface area contributed by atoms with Crippen molar-refractivity contribution in [3.8, 4) is 0 Å². The van der Waals surface area contributed by atoms with E-state index in [1.54, 1.807) is 12.3 Å². The van der Waals surface area contributed by atoms with E-state index in [1.807, 2.05) is 17.7 Å². The van der Waals surface area contributed by atoms with E-state index in [0.29, 0.717) is 22.9 Å².